The zero-order chi connectivity index (χ0) is 12.1. The third kappa shape index (κ3) is 3.80. The van der Waals surface area contributed by atoms with Crippen LogP contribution in [0.4, 0.5) is 0 Å². The van der Waals surface area contributed by atoms with Gasteiger partial charge in [0, 0.05) is 12.6 Å². The van der Waals surface area contributed by atoms with Gasteiger partial charge < -0.3 is 10.1 Å². The van der Waals surface area contributed by atoms with Crippen LogP contribution in [0.1, 0.15) is 38.7 Å². The van der Waals surface area contributed by atoms with Crippen molar-refractivity contribution in [2.45, 2.75) is 51.2 Å². The van der Waals surface area contributed by atoms with Crippen LogP contribution in [0, 0.1) is 0 Å². The first-order valence-electron chi connectivity index (χ1n) is 6.60. The molecule has 1 aromatic rings. The molecular weight excluding hydrogens is 230 g/mol. The van der Waals surface area contributed by atoms with E-state index in [-0.39, 0.29) is 5.60 Å². The molecule has 3 heteroatoms. The Bertz CT molecular complexity index is 325. The van der Waals surface area contributed by atoms with E-state index in [4.69, 9.17) is 4.74 Å². The van der Waals surface area contributed by atoms with Crippen LogP contribution in [0.3, 0.4) is 0 Å². The molecule has 2 atom stereocenters. The fraction of sp³-hybridized carbons (Fsp3) is 0.714. The summed E-state index contributed by atoms with van der Waals surface area (Å²) in [6, 6.07) is 2.85. The van der Waals surface area contributed by atoms with Crippen molar-refractivity contribution in [2.75, 3.05) is 13.2 Å². The van der Waals surface area contributed by atoms with Crippen LogP contribution in [-0.2, 0) is 11.2 Å². The Labute approximate surface area is 108 Å². The summed E-state index contributed by atoms with van der Waals surface area (Å²) in [4.78, 5) is 0. The second-order valence-electron chi connectivity index (χ2n) is 5.18. The average molecular weight is 253 g/mol. The summed E-state index contributed by atoms with van der Waals surface area (Å²) >= 11 is 1.78. The minimum absolute atomic E-state index is 0.0955. The van der Waals surface area contributed by atoms with Gasteiger partial charge in [0.1, 0.15) is 0 Å². The van der Waals surface area contributed by atoms with E-state index < -0.39 is 0 Å². The molecular formula is C14H23NOS. The fourth-order valence-corrected chi connectivity index (χ4v) is 3.11. The van der Waals surface area contributed by atoms with E-state index >= 15 is 0 Å². The minimum atomic E-state index is 0.0955. The lowest BCUT2D eigenvalue weighted by atomic mass is 9.90. The highest BCUT2D eigenvalue weighted by atomic mass is 32.1. The Hall–Kier alpha value is -0.380. The molecule has 1 aliphatic heterocycles. The van der Waals surface area contributed by atoms with Crippen LogP contribution in [0.15, 0.2) is 16.8 Å². The smallest absolute Gasteiger partial charge is 0.0666 e. The van der Waals surface area contributed by atoms with Gasteiger partial charge in [-0.15, -0.1) is 0 Å². The van der Waals surface area contributed by atoms with Gasteiger partial charge in [0.25, 0.3) is 0 Å². The molecule has 1 saturated heterocycles. The molecule has 1 aromatic heterocycles. The van der Waals surface area contributed by atoms with Crippen LogP contribution in [-0.4, -0.2) is 24.8 Å². The van der Waals surface area contributed by atoms with E-state index in [1.165, 1.54) is 5.56 Å². The van der Waals surface area contributed by atoms with Crippen molar-refractivity contribution in [1.82, 2.24) is 5.32 Å². The van der Waals surface area contributed by atoms with Crippen LogP contribution >= 0.6 is 11.3 Å². The van der Waals surface area contributed by atoms with Crippen LogP contribution in [0.2, 0.25) is 0 Å². The molecule has 2 nitrogen and oxygen atoms in total. The molecule has 17 heavy (non-hydrogen) atoms. The van der Waals surface area contributed by atoms with E-state index in [0.717, 1.165) is 38.8 Å². The van der Waals surface area contributed by atoms with E-state index in [1.807, 2.05) is 0 Å². The second-order valence-corrected chi connectivity index (χ2v) is 5.96. The molecule has 0 radical (unpaired) electrons. The fourth-order valence-electron chi connectivity index (χ4n) is 2.41. The summed E-state index contributed by atoms with van der Waals surface area (Å²) in [5, 5.41) is 8.06. The third-order valence-corrected chi connectivity index (χ3v) is 4.50. The lowest BCUT2D eigenvalue weighted by Crippen LogP contribution is -2.45. The van der Waals surface area contributed by atoms with Crippen LogP contribution in [0.25, 0.3) is 0 Å². The third-order valence-electron chi connectivity index (χ3n) is 3.77. The topological polar surface area (TPSA) is 21.3 Å². The quantitative estimate of drug-likeness (QED) is 0.870. The van der Waals surface area contributed by atoms with Crippen LogP contribution in [0.5, 0.6) is 0 Å². The highest BCUT2D eigenvalue weighted by Gasteiger charge is 2.31. The van der Waals surface area contributed by atoms with Crippen molar-refractivity contribution in [1.29, 1.82) is 0 Å². The van der Waals surface area contributed by atoms with Crippen molar-refractivity contribution >= 4 is 11.3 Å². The first-order chi connectivity index (χ1) is 8.22. The Morgan fingerprint density at radius 1 is 1.59 bits per heavy atom. The molecule has 2 rings (SSSR count). The molecule has 1 N–H and O–H groups in total. The summed E-state index contributed by atoms with van der Waals surface area (Å²) in [5.41, 5.74) is 1.55. The van der Waals surface area contributed by atoms with Gasteiger partial charge in [0.15, 0.2) is 0 Å². The van der Waals surface area contributed by atoms with E-state index in [1.54, 1.807) is 11.3 Å². The number of ether oxygens (including phenoxy) is 1. The summed E-state index contributed by atoms with van der Waals surface area (Å²) in [7, 11) is 0. The Balaban J connectivity index is 1.72. The van der Waals surface area contributed by atoms with E-state index in [2.05, 4.69) is 36.0 Å². The Kier molecular flexibility index (Phi) is 4.60. The normalized spacial score (nSPS) is 29.4. The maximum Gasteiger partial charge on any atom is 0.0666 e. The number of thiophene rings is 1. The van der Waals surface area contributed by atoms with Gasteiger partial charge in [-0.05, 0) is 61.5 Å². The van der Waals surface area contributed by atoms with Crippen molar-refractivity contribution in [3.05, 3.63) is 22.4 Å². The van der Waals surface area contributed by atoms with Gasteiger partial charge in [-0.3, -0.25) is 0 Å². The van der Waals surface area contributed by atoms with Gasteiger partial charge in [-0.1, -0.05) is 6.92 Å². The maximum atomic E-state index is 5.86. The predicted octanol–water partition coefficient (Wildman–Crippen LogP) is 3.23. The molecule has 0 amide bonds. The maximum absolute atomic E-state index is 5.86. The molecule has 0 aliphatic carbocycles. The van der Waals surface area contributed by atoms with Crippen molar-refractivity contribution in [3.8, 4) is 0 Å². The molecule has 2 unspecified atom stereocenters. The number of rotatable bonds is 5. The molecule has 1 fully saturated rings. The largest absolute Gasteiger partial charge is 0.375 e. The van der Waals surface area contributed by atoms with Crippen molar-refractivity contribution < 1.29 is 4.74 Å². The zero-order valence-electron chi connectivity index (χ0n) is 10.9. The monoisotopic (exact) mass is 253 g/mol. The number of hydrogen-bond acceptors (Lipinski definition) is 3. The second kappa shape index (κ2) is 5.98. The lowest BCUT2D eigenvalue weighted by molar-refractivity contribution is -0.0778. The zero-order valence-corrected chi connectivity index (χ0v) is 11.7. The van der Waals surface area contributed by atoms with Gasteiger partial charge >= 0.3 is 0 Å². The molecule has 96 valence electrons. The van der Waals surface area contributed by atoms with E-state index in [0.29, 0.717) is 6.04 Å². The Morgan fingerprint density at radius 2 is 2.47 bits per heavy atom. The molecule has 0 aromatic carbocycles. The van der Waals surface area contributed by atoms with Gasteiger partial charge in [-0.25, -0.2) is 0 Å². The lowest BCUT2D eigenvalue weighted by Gasteiger charge is -2.38. The molecule has 1 aliphatic rings. The molecule has 0 bridgehead atoms. The van der Waals surface area contributed by atoms with Gasteiger partial charge in [-0.2, -0.15) is 11.3 Å². The molecule has 2 heterocycles. The summed E-state index contributed by atoms with van der Waals surface area (Å²) in [5.74, 6) is 0. The first kappa shape index (κ1) is 13.1. The summed E-state index contributed by atoms with van der Waals surface area (Å²) in [6.45, 7) is 6.44. The molecule has 0 spiro atoms. The summed E-state index contributed by atoms with van der Waals surface area (Å²) < 4.78 is 5.86. The number of hydrogen-bond donors (Lipinski definition) is 1. The SMILES string of the molecule is CCC1(C)CC(NCCc2ccsc2)CCO1. The molecule has 0 saturated carbocycles. The predicted molar refractivity (Wildman–Crippen MR) is 73.7 cm³/mol. The highest BCUT2D eigenvalue weighted by molar-refractivity contribution is 7.07. The van der Waals surface area contributed by atoms with Crippen molar-refractivity contribution in [3.63, 3.8) is 0 Å². The van der Waals surface area contributed by atoms with Gasteiger partial charge in [0.2, 0.25) is 0 Å². The minimum Gasteiger partial charge on any atom is -0.375 e. The number of nitrogens with one attached hydrogen (secondary N) is 1. The highest BCUT2D eigenvalue weighted by Crippen LogP contribution is 2.27. The summed E-state index contributed by atoms with van der Waals surface area (Å²) in [6.07, 6.45) is 4.55. The first-order valence-corrected chi connectivity index (χ1v) is 7.54. The Morgan fingerprint density at radius 3 is 3.18 bits per heavy atom. The standard InChI is InChI=1S/C14H23NOS/c1-3-14(2)10-13(5-8-16-14)15-7-4-12-6-9-17-11-12/h6,9,11,13,15H,3-5,7-8,10H2,1-2H3. The van der Waals surface area contributed by atoms with E-state index in [9.17, 15) is 0 Å². The van der Waals surface area contributed by atoms with Crippen molar-refractivity contribution in [2.24, 2.45) is 0 Å². The average Bonchev–Trinajstić information content (AvgIpc) is 2.82. The van der Waals surface area contributed by atoms with Crippen LogP contribution < -0.4 is 5.32 Å². The van der Waals surface area contributed by atoms with Gasteiger partial charge in [0.05, 0.1) is 5.60 Å².